The zero-order chi connectivity index (χ0) is 22.1. The van der Waals surface area contributed by atoms with E-state index in [4.69, 9.17) is 11.6 Å². The molecule has 8 nitrogen and oxygen atoms in total. The van der Waals surface area contributed by atoms with E-state index in [-0.39, 0.29) is 0 Å². The zero-order valence-electron chi connectivity index (χ0n) is 17.5. The number of amides is 1. The number of hydrogen-bond acceptors (Lipinski definition) is 7. The standard InChI is InChI=1S/C13H17N5.C8H9ClN2OS/c1-11-9-16-18(10-11)13-8-12(2-3-15-13)17-6-4-14-5-7-17;1-13-11-8-3-6(9)2-7(4-8)10-5-12/h2-3,8-10,14H,4-7H2,1H3;2-5,11H,1H3,(H,10,12). The van der Waals surface area contributed by atoms with E-state index in [1.165, 1.54) is 17.6 Å². The van der Waals surface area contributed by atoms with Crippen molar-refractivity contribution in [2.45, 2.75) is 6.92 Å². The molecular formula is C21H26ClN7OS. The van der Waals surface area contributed by atoms with Gasteiger partial charge in [-0.2, -0.15) is 5.10 Å². The lowest BCUT2D eigenvalue weighted by Gasteiger charge is -2.29. The smallest absolute Gasteiger partial charge is 0.211 e. The number of carbonyl (C=O) groups is 1. The van der Waals surface area contributed by atoms with Crippen LogP contribution in [0.1, 0.15) is 5.56 Å². The monoisotopic (exact) mass is 459 g/mol. The van der Waals surface area contributed by atoms with Crippen LogP contribution in [0.15, 0.2) is 48.9 Å². The quantitative estimate of drug-likeness (QED) is 0.383. The van der Waals surface area contributed by atoms with Gasteiger partial charge in [0, 0.05) is 73.0 Å². The molecule has 0 spiro atoms. The molecule has 0 atom stereocenters. The summed E-state index contributed by atoms with van der Waals surface area (Å²) in [5, 5.41) is 10.8. The van der Waals surface area contributed by atoms with Gasteiger partial charge in [0.25, 0.3) is 0 Å². The van der Waals surface area contributed by atoms with Crippen LogP contribution >= 0.6 is 23.5 Å². The van der Waals surface area contributed by atoms with Gasteiger partial charge in [0.2, 0.25) is 6.41 Å². The Kier molecular flexibility index (Phi) is 8.57. The van der Waals surface area contributed by atoms with Gasteiger partial charge < -0.3 is 20.3 Å². The maximum absolute atomic E-state index is 10.2. The molecule has 3 aromatic rings. The van der Waals surface area contributed by atoms with E-state index in [2.05, 4.69) is 42.5 Å². The van der Waals surface area contributed by atoms with Crippen molar-refractivity contribution in [2.24, 2.45) is 0 Å². The summed E-state index contributed by atoms with van der Waals surface area (Å²) in [6, 6.07) is 9.43. The Hall–Kier alpha value is -2.75. The highest BCUT2D eigenvalue weighted by Gasteiger charge is 2.11. The minimum Gasteiger partial charge on any atom is -0.369 e. The Balaban J connectivity index is 0.000000187. The highest BCUT2D eigenvalue weighted by Crippen LogP contribution is 2.23. The van der Waals surface area contributed by atoms with Crippen LogP contribution in [0, 0.1) is 6.92 Å². The molecule has 1 saturated heterocycles. The molecular weight excluding hydrogens is 434 g/mol. The van der Waals surface area contributed by atoms with Gasteiger partial charge in [-0.05, 0) is 36.8 Å². The van der Waals surface area contributed by atoms with E-state index in [1.54, 1.807) is 18.2 Å². The topological polar surface area (TPSA) is 87.1 Å². The van der Waals surface area contributed by atoms with E-state index in [0.29, 0.717) is 17.1 Å². The van der Waals surface area contributed by atoms with Crippen molar-refractivity contribution in [1.29, 1.82) is 0 Å². The largest absolute Gasteiger partial charge is 0.369 e. The van der Waals surface area contributed by atoms with Crippen molar-refractivity contribution in [2.75, 3.05) is 47.4 Å². The molecule has 1 aromatic carbocycles. The molecule has 1 fully saturated rings. The highest BCUT2D eigenvalue weighted by atomic mass is 35.5. The summed E-state index contributed by atoms with van der Waals surface area (Å²) in [5.41, 5.74) is 3.91. The first kappa shape index (κ1) is 22.9. The number of hydrogen-bond donors (Lipinski definition) is 3. The van der Waals surface area contributed by atoms with Crippen LogP contribution in [0.2, 0.25) is 5.02 Å². The van der Waals surface area contributed by atoms with Crippen LogP contribution in [0.5, 0.6) is 0 Å². The maximum atomic E-state index is 10.2. The molecule has 10 heteroatoms. The number of aromatic nitrogens is 3. The fourth-order valence-electron chi connectivity index (χ4n) is 3.11. The third-order valence-electron chi connectivity index (χ3n) is 4.50. The van der Waals surface area contributed by atoms with Gasteiger partial charge in [-0.15, -0.1) is 0 Å². The van der Waals surface area contributed by atoms with Crippen LogP contribution in [-0.2, 0) is 4.79 Å². The summed E-state index contributed by atoms with van der Waals surface area (Å²) in [6.45, 7) is 6.20. The van der Waals surface area contributed by atoms with Crippen LogP contribution in [0.4, 0.5) is 17.1 Å². The zero-order valence-corrected chi connectivity index (χ0v) is 19.1. The number of anilines is 3. The number of carbonyl (C=O) groups excluding carboxylic acids is 1. The van der Waals surface area contributed by atoms with Crippen molar-refractivity contribution >= 4 is 47.0 Å². The Morgan fingerprint density at radius 2 is 1.97 bits per heavy atom. The molecule has 1 aliphatic rings. The highest BCUT2D eigenvalue weighted by molar-refractivity contribution is 7.99. The number of rotatable bonds is 6. The maximum Gasteiger partial charge on any atom is 0.211 e. The number of aryl methyl sites for hydroxylation is 1. The Labute approximate surface area is 191 Å². The Bertz CT molecular complexity index is 991. The molecule has 164 valence electrons. The van der Waals surface area contributed by atoms with Gasteiger partial charge in [-0.3, -0.25) is 4.79 Å². The molecule has 0 unspecified atom stereocenters. The molecule has 3 heterocycles. The van der Waals surface area contributed by atoms with Crippen molar-refractivity contribution in [1.82, 2.24) is 20.1 Å². The van der Waals surface area contributed by atoms with Crippen molar-refractivity contribution in [3.63, 3.8) is 0 Å². The Morgan fingerprint density at radius 3 is 2.65 bits per heavy atom. The molecule has 0 radical (unpaired) electrons. The first-order chi connectivity index (χ1) is 15.1. The summed E-state index contributed by atoms with van der Waals surface area (Å²) in [4.78, 5) is 16.9. The van der Waals surface area contributed by atoms with Gasteiger partial charge in [-0.1, -0.05) is 23.5 Å². The summed E-state index contributed by atoms with van der Waals surface area (Å²) < 4.78 is 4.84. The van der Waals surface area contributed by atoms with Crippen LogP contribution in [0.25, 0.3) is 5.82 Å². The van der Waals surface area contributed by atoms with Gasteiger partial charge in [-0.25, -0.2) is 9.67 Å². The molecule has 1 aliphatic heterocycles. The summed E-state index contributed by atoms with van der Waals surface area (Å²) in [6.07, 6.45) is 8.22. The lowest BCUT2D eigenvalue weighted by atomic mass is 10.3. The van der Waals surface area contributed by atoms with Gasteiger partial charge in [0.15, 0.2) is 5.82 Å². The molecule has 3 N–H and O–H groups in total. The van der Waals surface area contributed by atoms with Crippen molar-refractivity contribution < 1.29 is 4.79 Å². The predicted octanol–water partition coefficient (Wildman–Crippen LogP) is 3.58. The average molecular weight is 460 g/mol. The number of pyridine rings is 1. The molecule has 2 aromatic heterocycles. The third-order valence-corrected chi connectivity index (χ3v) is 5.16. The molecule has 0 aliphatic carbocycles. The first-order valence-corrected chi connectivity index (χ1v) is 11.4. The minimum atomic E-state index is 0.586. The SMILES string of the molecule is CSNc1cc(Cl)cc(NC=O)c1.Cc1cnn(-c2cc(N3CCNCC3)ccn2)c1. The van der Waals surface area contributed by atoms with Gasteiger partial charge in [0.1, 0.15) is 0 Å². The average Bonchev–Trinajstić information content (AvgIpc) is 3.21. The lowest BCUT2D eigenvalue weighted by molar-refractivity contribution is -0.105. The molecule has 31 heavy (non-hydrogen) atoms. The second-order valence-electron chi connectivity index (χ2n) is 6.87. The van der Waals surface area contributed by atoms with Crippen molar-refractivity contribution in [3.8, 4) is 5.82 Å². The fourth-order valence-corrected chi connectivity index (χ4v) is 3.70. The molecule has 0 bridgehead atoms. The lowest BCUT2D eigenvalue weighted by Crippen LogP contribution is -2.43. The molecule has 1 amide bonds. The number of benzene rings is 1. The van der Waals surface area contributed by atoms with Gasteiger partial charge in [0.05, 0.1) is 6.20 Å². The second-order valence-corrected chi connectivity index (χ2v) is 7.92. The Morgan fingerprint density at radius 1 is 1.19 bits per heavy atom. The van der Waals surface area contributed by atoms with Crippen LogP contribution in [-0.4, -0.2) is 53.6 Å². The van der Waals surface area contributed by atoms with E-state index in [1.807, 2.05) is 36.5 Å². The van der Waals surface area contributed by atoms with E-state index >= 15 is 0 Å². The van der Waals surface area contributed by atoms with Gasteiger partial charge >= 0.3 is 0 Å². The number of nitrogens with zero attached hydrogens (tertiary/aromatic N) is 4. The molecule has 4 rings (SSSR count). The second kappa shape index (κ2) is 11.6. The summed E-state index contributed by atoms with van der Waals surface area (Å²) in [7, 11) is 0. The van der Waals surface area contributed by atoms with E-state index in [0.717, 1.165) is 43.2 Å². The number of nitrogens with one attached hydrogen (secondary N) is 3. The summed E-state index contributed by atoms with van der Waals surface area (Å²) >= 11 is 7.28. The number of halogens is 1. The van der Waals surface area contributed by atoms with Crippen molar-refractivity contribution in [3.05, 3.63) is 59.5 Å². The van der Waals surface area contributed by atoms with E-state index < -0.39 is 0 Å². The third kappa shape index (κ3) is 6.88. The normalized spacial score (nSPS) is 13.2. The summed E-state index contributed by atoms with van der Waals surface area (Å²) in [5.74, 6) is 0.874. The minimum absolute atomic E-state index is 0.586. The van der Waals surface area contributed by atoms with E-state index in [9.17, 15) is 4.79 Å². The first-order valence-electron chi connectivity index (χ1n) is 9.82. The predicted molar refractivity (Wildman–Crippen MR) is 129 cm³/mol. The van der Waals surface area contributed by atoms with Crippen LogP contribution in [0.3, 0.4) is 0 Å². The fraction of sp³-hybridized carbons (Fsp3) is 0.286. The molecule has 0 saturated carbocycles. The van der Waals surface area contributed by atoms with Crippen LogP contribution < -0.4 is 20.3 Å². The number of piperazine rings is 1.